The van der Waals surface area contributed by atoms with Gasteiger partial charge in [0.2, 0.25) is 22.7 Å². The fraction of sp³-hybridized carbons (Fsp3) is 0.174. The molecule has 4 rings (SSSR count). The number of sulfonamides is 1. The quantitative estimate of drug-likeness (QED) is 0.439. The van der Waals surface area contributed by atoms with E-state index in [1.54, 1.807) is 30.3 Å². The minimum absolute atomic E-state index is 0.00515. The molecule has 1 amide bonds. The maximum absolute atomic E-state index is 13.4. The second-order valence-corrected chi connectivity index (χ2v) is 10.6. The summed E-state index contributed by atoms with van der Waals surface area (Å²) in [5.74, 6) is 0.742. The molecule has 0 radical (unpaired) electrons. The molecule has 0 unspecified atom stereocenters. The van der Waals surface area contributed by atoms with Crippen molar-refractivity contribution >= 4 is 50.7 Å². The number of nitrogens with one attached hydrogen (secondary N) is 1. The fourth-order valence-electron chi connectivity index (χ4n) is 3.29. The van der Waals surface area contributed by atoms with Gasteiger partial charge in [0.25, 0.3) is 0 Å². The number of benzene rings is 3. The van der Waals surface area contributed by atoms with Crippen molar-refractivity contribution < 1.29 is 22.7 Å². The number of halogens is 3. The van der Waals surface area contributed by atoms with E-state index in [0.717, 1.165) is 9.87 Å². The number of fused-ring (bicyclic) bond motifs is 1. The average Bonchev–Trinajstić information content (AvgIpc) is 3.27. The second-order valence-electron chi connectivity index (χ2n) is 7.43. The molecular formula is C23H19Cl3N2O5S. The van der Waals surface area contributed by atoms with E-state index in [9.17, 15) is 13.2 Å². The highest BCUT2D eigenvalue weighted by molar-refractivity contribution is 7.89. The third kappa shape index (κ3) is 5.76. The summed E-state index contributed by atoms with van der Waals surface area (Å²) in [5, 5.41) is 3.86. The lowest BCUT2D eigenvalue weighted by atomic mass is 10.2. The third-order valence-electron chi connectivity index (χ3n) is 5.06. The molecule has 1 heterocycles. The van der Waals surface area contributed by atoms with Crippen LogP contribution in [0.15, 0.2) is 65.6 Å². The van der Waals surface area contributed by atoms with Crippen LogP contribution in [0.2, 0.25) is 15.1 Å². The number of carbonyl (C=O) groups is 1. The molecule has 1 N–H and O–H groups in total. The Morgan fingerprint density at radius 2 is 1.62 bits per heavy atom. The van der Waals surface area contributed by atoms with Crippen molar-refractivity contribution in [2.45, 2.75) is 18.0 Å². The number of nitrogens with zero attached hydrogens (tertiary/aromatic N) is 1. The summed E-state index contributed by atoms with van der Waals surface area (Å²) in [6, 6.07) is 15.8. The highest BCUT2D eigenvalue weighted by Crippen LogP contribution is 2.32. The zero-order valence-corrected chi connectivity index (χ0v) is 20.7. The van der Waals surface area contributed by atoms with Gasteiger partial charge in [-0.2, -0.15) is 4.31 Å². The Labute approximate surface area is 212 Å². The van der Waals surface area contributed by atoms with Gasteiger partial charge in [0.1, 0.15) is 0 Å². The fourth-order valence-corrected chi connectivity index (χ4v) is 5.26. The Bertz CT molecular complexity index is 1320. The summed E-state index contributed by atoms with van der Waals surface area (Å²) in [6.07, 6.45) is 0. The van der Waals surface area contributed by atoms with Gasteiger partial charge in [0.15, 0.2) is 11.5 Å². The van der Waals surface area contributed by atoms with Crippen LogP contribution >= 0.6 is 34.8 Å². The molecular weight excluding hydrogens is 523 g/mol. The van der Waals surface area contributed by atoms with Crippen molar-refractivity contribution in [3.63, 3.8) is 0 Å². The first-order chi connectivity index (χ1) is 16.2. The predicted molar refractivity (Wildman–Crippen MR) is 130 cm³/mol. The molecule has 3 aromatic carbocycles. The van der Waals surface area contributed by atoms with Gasteiger partial charge in [-0.25, -0.2) is 8.42 Å². The maximum atomic E-state index is 13.4. The van der Waals surface area contributed by atoms with Crippen LogP contribution < -0.4 is 14.8 Å². The summed E-state index contributed by atoms with van der Waals surface area (Å²) in [4.78, 5) is 12.8. The van der Waals surface area contributed by atoms with Crippen LogP contribution in [-0.4, -0.2) is 32.0 Å². The zero-order valence-electron chi connectivity index (χ0n) is 17.6. The monoisotopic (exact) mass is 540 g/mol. The van der Waals surface area contributed by atoms with Crippen LogP contribution in [0.1, 0.15) is 11.1 Å². The van der Waals surface area contributed by atoms with Crippen LogP contribution in [0.4, 0.5) is 0 Å². The topological polar surface area (TPSA) is 84.9 Å². The van der Waals surface area contributed by atoms with Crippen LogP contribution in [0.5, 0.6) is 11.5 Å². The van der Waals surface area contributed by atoms with Crippen molar-refractivity contribution in [3.05, 3.63) is 86.9 Å². The normalized spacial score (nSPS) is 12.7. The smallest absolute Gasteiger partial charge is 0.243 e. The van der Waals surface area contributed by atoms with Gasteiger partial charge in [0, 0.05) is 28.2 Å². The first kappa shape index (κ1) is 24.6. The molecule has 0 aromatic heterocycles. The molecule has 0 fully saturated rings. The summed E-state index contributed by atoms with van der Waals surface area (Å²) in [7, 11) is -4.04. The van der Waals surface area contributed by atoms with Crippen molar-refractivity contribution in [1.29, 1.82) is 0 Å². The Morgan fingerprint density at radius 3 is 2.35 bits per heavy atom. The van der Waals surface area contributed by atoms with Crippen molar-refractivity contribution in [2.24, 2.45) is 0 Å². The lowest BCUT2D eigenvalue weighted by Crippen LogP contribution is -2.40. The Balaban J connectivity index is 1.53. The lowest BCUT2D eigenvalue weighted by Gasteiger charge is -2.22. The second kappa shape index (κ2) is 10.4. The van der Waals surface area contributed by atoms with E-state index >= 15 is 0 Å². The third-order valence-corrected chi connectivity index (χ3v) is 7.70. The molecule has 3 aromatic rings. The molecule has 0 bridgehead atoms. The van der Waals surface area contributed by atoms with Crippen LogP contribution in [0.3, 0.4) is 0 Å². The lowest BCUT2D eigenvalue weighted by molar-refractivity contribution is -0.121. The number of amides is 1. The number of rotatable bonds is 8. The molecule has 0 spiro atoms. The van der Waals surface area contributed by atoms with Gasteiger partial charge in [-0.05, 0) is 59.7 Å². The Morgan fingerprint density at radius 1 is 0.912 bits per heavy atom. The maximum Gasteiger partial charge on any atom is 0.243 e. The van der Waals surface area contributed by atoms with E-state index in [-0.39, 0.29) is 24.8 Å². The Kier molecular flexibility index (Phi) is 7.54. The van der Waals surface area contributed by atoms with E-state index in [1.807, 2.05) is 0 Å². The van der Waals surface area contributed by atoms with Gasteiger partial charge in [-0.15, -0.1) is 0 Å². The molecule has 1 aliphatic rings. The minimum atomic E-state index is -4.04. The van der Waals surface area contributed by atoms with Gasteiger partial charge >= 0.3 is 0 Å². The van der Waals surface area contributed by atoms with Gasteiger partial charge in [-0.3, -0.25) is 4.79 Å². The number of carbonyl (C=O) groups excluding carboxylic acids is 1. The SMILES string of the molecule is O=C(CN(Cc1ccc(Cl)cc1Cl)S(=O)(=O)c1ccc(Cl)cc1)NCc1ccc2c(c1)OCO2. The van der Waals surface area contributed by atoms with Gasteiger partial charge in [-0.1, -0.05) is 46.9 Å². The number of ether oxygens (including phenoxy) is 2. The van der Waals surface area contributed by atoms with Crippen molar-refractivity contribution in [2.75, 3.05) is 13.3 Å². The molecule has 1 aliphatic heterocycles. The summed E-state index contributed by atoms with van der Waals surface area (Å²) >= 11 is 18.1. The predicted octanol–water partition coefficient (Wildman–Crippen LogP) is 4.88. The first-order valence-corrected chi connectivity index (χ1v) is 12.6. The average molecular weight is 542 g/mol. The van der Waals surface area contributed by atoms with E-state index in [1.165, 1.54) is 30.3 Å². The molecule has 7 nitrogen and oxygen atoms in total. The molecule has 0 atom stereocenters. The molecule has 11 heteroatoms. The highest BCUT2D eigenvalue weighted by atomic mass is 35.5. The highest BCUT2D eigenvalue weighted by Gasteiger charge is 2.27. The van der Waals surface area contributed by atoms with E-state index < -0.39 is 22.5 Å². The molecule has 34 heavy (non-hydrogen) atoms. The van der Waals surface area contributed by atoms with E-state index in [0.29, 0.717) is 32.1 Å². The molecule has 0 saturated carbocycles. The standard InChI is InChI=1S/C23H19Cl3N2O5S/c24-17-4-6-19(7-5-17)34(30,31)28(12-16-2-3-18(25)10-20(16)26)13-23(29)27-11-15-1-8-21-22(9-15)33-14-32-21/h1-10H,11-14H2,(H,27,29). The first-order valence-electron chi connectivity index (χ1n) is 10.1. The molecule has 178 valence electrons. The van der Waals surface area contributed by atoms with Crippen molar-refractivity contribution in [1.82, 2.24) is 9.62 Å². The van der Waals surface area contributed by atoms with Crippen LogP contribution in [0.25, 0.3) is 0 Å². The molecule has 0 aliphatic carbocycles. The largest absolute Gasteiger partial charge is 0.454 e. The zero-order chi connectivity index (χ0) is 24.3. The van der Waals surface area contributed by atoms with Crippen molar-refractivity contribution in [3.8, 4) is 11.5 Å². The molecule has 0 saturated heterocycles. The van der Waals surface area contributed by atoms with Gasteiger partial charge < -0.3 is 14.8 Å². The summed E-state index contributed by atoms with van der Waals surface area (Å²) in [5.41, 5.74) is 1.29. The minimum Gasteiger partial charge on any atom is -0.454 e. The van der Waals surface area contributed by atoms with Crippen LogP contribution in [0, 0.1) is 0 Å². The van der Waals surface area contributed by atoms with Gasteiger partial charge in [0.05, 0.1) is 11.4 Å². The number of hydrogen-bond donors (Lipinski definition) is 1. The number of hydrogen-bond acceptors (Lipinski definition) is 5. The van der Waals surface area contributed by atoms with Crippen LogP contribution in [-0.2, 0) is 27.9 Å². The van der Waals surface area contributed by atoms with E-state index in [2.05, 4.69) is 5.32 Å². The Hall–Kier alpha value is -2.49. The summed E-state index contributed by atoms with van der Waals surface area (Å²) in [6.45, 7) is -0.213. The summed E-state index contributed by atoms with van der Waals surface area (Å²) < 4.78 is 38.4. The van der Waals surface area contributed by atoms with E-state index in [4.69, 9.17) is 44.3 Å².